The summed E-state index contributed by atoms with van der Waals surface area (Å²) in [5.74, 6) is -0.0311. The zero-order valence-corrected chi connectivity index (χ0v) is 17.2. The van der Waals surface area contributed by atoms with E-state index < -0.39 is 5.25 Å². The van der Waals surface area contributed by atoms with E-state index in [2.05, 4.69) is 35.3 Å². The van der Waals surface area contributed by atoms with Gasteiger partial charge in [-0.3, -0.25) is 20.4 Å². The molecule has 1 heterocycles. The van der Waals surface area contributed by atoms with Gasteiger partial charge in [0.15, 0.2) is 5.11 Å². The number of nitrogens with one attached hydrogen (secondary N) is 4. The van der Waals surface area contributed by atoms with Crippen LogP contribution in [0.15, 0.2) is 53.4 Å². The summed E-state index contributed by atoms with van der Waals surface area (Å²) >= 11 is 6.58. The molecule has 0 aliphatic carbocycles. The molecule has 2 amide bonds. The van der Waals surface area contributed by atoms with Crippen LogP contribution < -0.4 is 21.5 Å². The maximum atomic E-state index is 12.2. The number of anilines is 2. The molecule has 0 saturated carbocycles. The van der Waals surface area contributed by atoms with Crippen LogP contribution in [0.1, 0.15) is 31.7 Å². The number of thiocarbonyl (C=S) groups is 1. The topological polar surface area (TPSA) is 82.3 Å². The molecule has 2 aromatic carbocycles. The Morgan fingerprint density at radius 3 is 2.57 bits per heavy atom. The van der Waals surface area contributed by atoms with Gasteiger partial charge in [0.05, 0.1) is 10.9 Å². The summed E-state index contributed by atoms with van der Waals surface area (Å²) in [4.78, 5) is 25.3. The summed E-state index contributed by atoms with van der Waals surface area (Å²) < 4.78 is 0. The van der Waals surface area contributed by atoms with Crippen molar-refractivity contribution in [2.75, 3.05) is 10.6 Å². The van der Waals surface area contributed by atoms with E-state index in [1.54, 1.807) is 0 Å². The van der Waals surface area contributed by atoms with E-state index in [1.807, 2.05) is 48.5 Å². The molecule has 0 radical (unpaired) electrons. The van der Waals surface area contributed by atoms with Gasteiger partial charge in [-0.05, 0) is 48.0 Å². The lowest BCUT2D eigenvalue weighted by atomic mass is 10.0. The summed E-state index contributed by atoms with van der Waals surface area (Å²) in [7, 11) is 0. The van der Waals surface area contributed by atoms with Gasteiger partial charge in [-0.1, -0.05) is 38.1 Å². The highest BCUT2D eigenvalue weighted by Gasteiger charge is 2.28. The molecule has 2 aromatic rings. The second kappa shape index (κ2) is 9.07. The maximum absolute atomic E-state index is 12.2. The van der Waals surface area contributed by atoms with Crippen molar-refractivity contribution >= 4 is 52.3 Å². The zero-order chi connectivity index (χ0) is 20.1. The number of rotatable bonds is 4. The first-order valence-electron chi connectivity index (χ1n) is 8.94. The highest BCUT2D eigenvalue weighted by molar-refractivity contribution is 8.01. The normalized spacial score (nSPS) is 15.4. The molecule has 146 valence electrons. The molecule has 1 aliphatic rings. The first-order chi connectivity index (χ1) is 13.4. The van der Waals surface area contributed by atoms with Crippen LogP contribution in [0.25, 0.3) is 0 Å². The predicted molar refractivity (Wildman–Crippen MR) is 117 cm³/mol. The number of para-hydroxylation sites is 1. The Balaban J connectivity index is 1.46. The Morgan fingerprint density at radius 2 is 1.86 bits per heavy atom. The lowest BCUT2D eigenvalue weighted by Gasteiger charge is -2.23. The van der Waals surface area contributed by atoms with Crippen molar-refractivity contribution in [1.82, 2.24) is 10.9 Å². The first kappa shape index (κ1) is 20.2. The van der Waals surface area contributed by atoms with Crippen LogP contribution in [0.5, 0.6) is 0 Å². The molecule has 8 heteroatoms. The fourth-order valence-electron chi connectivity index (χ4n) is 2.69. The van der Waals surface area contributed by atoms with Gasteiger partial charge in [0.2, 0.25) is 11.8 Å². The SMILES string of the molecule is CC(C)c1ccc(NC(=S)NNC(=O)C[C@@H]2Sc3ccccc3NC2=O)cc1. The molecule has 0 fully saturated rings. The van der Waals surface area contributed by atoms with E-state index in [4.69, 9.17) is 12.2 Å². The van der Waals surface area contributed by atoms with Crippen LogP contribution >= 0.6 is 24.0 Å². The second-order valence-corrected chi connectivity index (χ2v) is 8.35. The van der Waals surface area contributed by atoms with E-state index in [9.17, 15) is 9.59 Å². The number of carbonyl (C=O) groups is 2. The second-order valence-electron chi connectivity index (χ2n) is 6.70. The Bertz CT molecular complexity index is 884. The standard InChI is InChI=1S/C20H22N4O2S2/c1-12(2)13-7-9-14(10-8-13)21-20(27)24-23-18(25)11-17-19(26)22-15-5-3-4-6-16(15)28-17/h3-10,12,17H,11H2,1-2H3,(H,22,26)(H,23,25)(H2,21,24,27)/t17-/m0/s1. The number of hydrogen-bond donors (Lipinski definition) is 4. The summed E-state index contributed by atoms with van der Waals surface area (Å²) in [6, 6.07) is 15.5. The Kier molecular flexibility index (Phi) is 6.53. The average Bonchev–Trinajstić information content (AvgIpc) is 2.67. The summed E-state index contributed by atoms with van der Waals surface area (Å²) in [6.07, 6.45) is 0.0452. The van der Waals surface area contributed by atoms with Crippen molar-refractivity contribution in [2.24, 2.45) is 0 Å². The lowest BCUT2D eigenvalue weighted by molar-refractivity contribution is -0.124. The van der Waals surface area contributed by atoms with Gasteiger partial charge in [-0.2, -0.15) is 0 Å². The number of carbonyl (C=O) groups excluding carboxylic acids is 2. The minimum Gasteiger partial charge on any atom is -0.331 e. The molecule has 0 aromatic heterocycles. The molecule has 28 heavy (non-hydrogen) atoms. The third-order valence-corrected chi connectivity index (χ3v) is 5.71. The number of benzene rings is 2. The first-order valence-corrected chi connectivity index (χ1v) is 10.2. The van der Waals surface area contributed by atoms with Crippen LogP contribution in [0, 0.1) is 0 Å². The molecule has 3 rings (SSSR count). The third-order valence-electron chi connectivity index (χ3n) is 4.23. The zero-order valence-electron chi connectivity index (χ0n) is 15.6. The van der Waals surface area contributed by atoms with Gasteiger partial charge < -0.3 is 10.6 Å². The number of amides is 2. The fourth-order valence-corrected chi connectivity index (χ4v) is 3.97. The minimum atomic E-state index is -0.484. The lowest BCUT2D eigenvalue weighted by Crippen LogP contribution is -2.45. The number of hydrogen-bond acceptors (Lipinski definition) is 4. The Morgan fingerprint density at radius 1 is 1.14 bits per heavy atom. The number of fused-ring (bicyclic) bond motifs is 1. The molecule has 0 spiro atoms. The molecule has 1 atom stereocenters. The number of thioether (sulfide) groups is 1. The highest BCUT2D eigenvalue weighted by Crippen LogP contribution is 2.36. The van der Waals surface area contributed by atoms with Crippen LogP contribution in [0.3, 0.4) is 0 Å². The quantitative estimate of drug-likeness (QED) is 0.452. The molecule has 0 saturated heterocycles. The summed E-state index contributed by atoms with van der Waals surface area (Å²) in [5, 5.41) is 5.63. The third kappa shape index (κ3) is 5.24. The molecular weight excluding hydrogens is 392 g/mol. The van der Waals surface area contributed by atoms with Crippen LogP contribution in [0.2, 0.25) is 0 Å². The molecule has 0 bridgehead atoms. The van der Waals surface area contributed by atoms with Gasteiger partial charge in [-0.15, -0.1) is 11.8 Å². The van der Waals surface area contributed by atoms with Gasteiger partial charge in [-0.25, -0.2) is 0 Å². The van der Waals surface area contributed by atoms with E-state index in [-0.39, 0.29) is 23.3 Å². The van der Waals surface area contributed by atoms with Crippen LogP contribution in [-0.4, -0.2) is 22.2 Å². The van der Waals surface area contributed by atoms with E-state index in [0.717, 1.165) is 16.3 Å². The van der Waals surface area contributed by atoms with E-state index in [0.29, 0.717) is 5.92 Å². The van der Waals surface area contributed by atoms with E-state index in [1.165, 1.54) is 17.3 Å². The van der Waals surface area contributed by atoms with Crippen LogP contribution in [0.4, 0.5) is 11.4 Å². The van der Waals surface area contributed by atoms with Crippen molar-refractivity contribution in [3.63, 3.8) is 0 Å². The largest absolute Gasteiger partial charge is 0.331 e. The Hall–Kier alpha value is -2.58. The predicted octanol–water partition coefficient (Wildman–Crippen LogP) is 3.63. The fraction of sp³-hybridized carbons (Fsp3) is 0.250. The smallest absolute Gasteiger partial charge is 0.240 e. The Labute approximate surface area is 173 Å². The van der Waals surface area contributed by atoms with Gasteiger partial charge in [0.1, 0.15) is 0 Å². The summed E-state index contributed by atoms with van der Waals surface area (Å²) in [6.45, 7) is 4.27. The van der Waals surface area contributed by atoms with Gasteiger partial charge in [0, 0.05) is 17.0 Å². The van der Waals surface area contributed by atoms with E-state index >= 15 is 0 Å². The monoisotopic (exact) mass is 414 g/mol. The number of hydrazine groups is 1. The van der Waals surface area contributed by atoms with Crippen LogP contribution in [-0.2, 0) is 9.59 Å². The minimum absolute atomic E-state index is 0.0452. The van der Waals surface area contributed by atoms with Crippen molar-refractivity contribution < 1.29 is 9.59 Å². The van der Waals surface area contributed by atoms with Gasteiger partial charge in [0.25, 0.3) is 0 Å². The summed E-state index contributed by atoms with van der Waals surface area (Å²) in [5.41, 5.74) is 8.06. The molecule has 0 unspecified atom stereocenters. The molecule has 6 nitrogen and oxygen atoms in total. The van der Waals surface area contributed by atoms with Crippen molar-refractivity contribution in [3.05, 3.63) is 54.1 Å². The molecule has 4 N–H and O–H groups in total. The van der Waals surface area contributed by atoms with Crippen molar-refractivity contribution in [2.45, 2.75) is 36.3 Å². The molecular formula is C20H22N4O2S2. The van der Waals surface area contributed by atoms with Crippen molar-refractivity contribution in [3.8, 4) is 0 Å². The molecule has 1 aliphatic heterocycles. The maximum Gasteiger partial charge on any atom is 0.240 e. The average molecular weight is 415 g/mol. The van der Waals surface area contributed by atoms with Gasteiger partial charge >= 0.3 is 0 Å². The van der Waals surface area contributed by atoms with Crippen molar-refractivity contribution in [1.29, 1.82) is 0 Å². The highest BCUT2D eigenvalue weighted by atomic mass is 32.2.